The zero-order valence-corrected chi connectivity index (χ0v) is 17.0. The van der Waals surface area contributed by atoms with Crippen molar-refractivity contribution in [2.75, 3.05) is 6.54 Å². The molecular weight excluding hydrogens is 358 g/mol. The lowest BCUT2D eigenvalue weighted by molar-refractivity contribution is -0.151. The Morgan fingerprint density at radius 2 is 1.96 bits per heavy atom. The molecule has 6 nitrogen and oxygen atoms in total. The first-order valence-electron chi connectivity index (χ1n) is 11.0. The van der Waals surface area contributed by atoms with Gasteiger partial charge in [0.15, 0.2) is 0 Å². The second kappa shape index (κ2) is 6.22. The molecule has 5 rings (SSSR count). The fourth-order valence-electron chi connectivity index (χ4n) is 6.78. The van der Waals surface area contributed by atoms with E-state index in [0.29, 0.717) is 6.42 Å². The van der Waals surface area contributed by atoms with Crippen molar-refractivity contribution in [1.29, 1.82) is 0 Å². The van der Waals surface area contributed by atoms with Crippen LogP contribution in [0.3, 0.4) is 0 Å². The molecule has 8 atom stereocenters. The molecule has 0 aromatic heterocycles. The lowest BCUT2D eigenvalue weighted by Gasteiger charge is -2.47. The second-order valence-corrected chi connectivity index (χ2v) is 9.56. The molecule has 154 valence electrons. The van der Waals surface area contributed by atoms with E-state index in [1.165, 1.54) is 5.57 Å². The topological polar surface area (TPSA) is 76.1 Å². The standard InChI is InChI=1S/C22H31NO5/c1-4-14-18-17(12(3)21(25)28-18)13-10-15(16-9-11(2)20(24)27-16)23-8-6-5-7-22(14,26)19(13)23/h11-12,14-18,26H,4-10H2,1-3H3/t11-,12+,14-,15+,16-,17+,18-,22+/m0/s1. The van der Waals surface area contributed by atoms with Crippen LogP contribution in [0, 0.1) is 23.7 Å². The predicted molar refractivity (Wildman–Crippen MR) is 101 cm³/mol. The van der Waals surface area contributed by atoms with E-state index in [0.717, 1.165) is 44.3 Å². The van der Waals surface area contributed by atoms with Crippen LogP contribution in [0.4, 0.5) is 0 Å². The highest BCUT2D eigenvalue weighted by Crippen LogP contribution is 2.58. The number of esters is 2. The van der Waals surface area contributed by atoms with Gasteiger partial charge in [0.2, 0.25) is 0 Å². The number of cyclic esters (lactones) is 1. The lowest BCUT2D eigenvalue weighted by atomic mass is 9.64. The number of carbonyl (C=O) groups is 2. The summed E-state index contributed by atoms with van der Waals surface area (Å²) in [6.07, 6.45) is 4.59. The molecule has 1 N–H and O–H groups in total. The summed E-state index contributed by atoms with van der Waals surface area (Å²) in [5, 5.41) is 12.0. The average Bonchev–Trinajstić information content (AvgIpc) is 3.23. The Labute approximate surface area is 166 Å². The Hall–Kier alpha value is -1.56. The van der Waals surface area contributed by atoms with E-state index in [9.17, 15) is 14.7 Å². The maximum Gasteiger partial charge on any atom is 0.309 e. The molecule has 0 unspecified atom stereocenters. The summed E-state index contributed by atoms with van der Waals surface area (Å²) in [7, 11) is 0. The van der Waals surface area contributed by atoms with Gasteiger partial charge in [0.05, 0.1) is 17.9 Å². The van der Waals surface area contributed by atoms with Crippen molar-refractivity contribution in [2.24, 2.45) is 23.7 Å². The van der Waals surface area contributed by atoms with E-state index in [-0.39, 0.29) is 53.9 Å². The van der Waals surface area contributed by atoms with Gasteiger partial charge >= 0.3 is 11.9 Å². The third-order valence-corrected chi connectivity index (χ3v) is 8.09. The van der Waals surface area contributed by atoms with Gasteiger partial charge in [-0.05, 0) is 44.1 Å². The van der Waals surface area contributed by atoms with Gasteiger partial charge in [-0.3, -0.25) is 9.59 Å². The fourth-order valence-corrected chi connectivity index (χ4v) is 6.78. The maximum atomic E-state index is 12.5. The van der Waals surface area contributed by atoms with Crippen LogP contribution >= 0.6 is 0 Å². The molecule has 4 heterocycles. The fraction of sp³-hybridized carbons (Fsp3) is 0.818. The highest BCUT2D eigenvalue weighted by atomic mass is 16.6. The van der Waals surface area contributed by atoms with Gasteiger partial charge in [-0.2, -0.15) is 0 Å². The van der Waals surface area contributed by atoms with Crippen molar-refractivity contribution in [2.45, 2.75) is 83.1 Å². The number of fused-ring (bicyclic) bond motifs is 2. The molecule has 28 heavy (non-hydrogen) atoms. The highest BCUT2D eigenvalue weighted by molar-refractivity contribution is 5.76. The minimum atomic E-state index is -0.949. The van der Waals surface area contributed by atoms with E-state index in [2.05, 4.69) is 11.8 Å². The molecule has 6 heteroatoms. The number of rotatable bonds is 2. The summed E-state index contributed by atoms with van der Waals surface area (Å²) in [4.78, 5) is 26.9. The van der Waals surface area contributed by atoms with Crippen molar-refractivity contribution in [3.63, 3.8) is 0 Å². The first-order chi connectivity index (χ1) is 13.4. The van der Waals surface area contributed by atoms with Gasteiger partial charge in [-0.1, -0.05) is 20.8 Å². The number of carbonyl (C=O) groups excluding carboxylic acids is 2. The Morgan fingerprint density at radius 1 is 1.18 bits per heavy atom. The van der Waals surface area contributed by atoms with Crippen LogP contribution in [-0.4, -0.2) is 52.3 Å². The molecule has 4 aliphatic heterocycles. The Kier molecular flexibility index (Phi) is 4.10. The maximum absolute atomic E-state index is 12.5. The summed E-state index contributed by atoms with van der Waals surface area (Å²) in [6, 6.07) is 0.0719. The van der Waals surface area contributed by atoms with Crippen LogP contribution in [0.5, 0.6) is 0 Å². The van der Waals surface area contributed by atoms with Crippen LogP contribution in [0.15, 0.2) is 11.3 Å². The van der Waals surface area contributed by atoms with E-state index in [4.69, 9.17) is 9.47 Å². The van der Waals surface area contributed by atoms with E-state index >= 15 is 0 Å². The first-order valence-corrected chi connectivity index (χ1v) is 11.0. The van der Waals surface area contributed by atoms with Crippen LogP contribution < -0.4 is 0 Å². The van der Waals surface area contributed by atoms with Gasteiger partial charge in [-0.15, -0.1) is 0 Å². The van der Waals surface area contributed by atoms with Crippen LogP contribution in [0.2, 0.25) is 0 Å². The molecule has 0 saturated carbocycles. The summed E-state index contributed by atoms with van der Waals surface area (Å²) < 4.78 is 11.6. The van der Waals surface area contributed by atoms with Crippen molar-refractivity contribution in [1.82, 2.24) is 4.90 Å². The zero-order chi connectivity index (χ0) is 19.8. The van der Waals surface area contributed by atoms with E-state index < -0.39 is 5.60 Å². The van der Waals surface area contributed by atoms with Gasteiger partial charge in [0.1, 0.15) is 17.8 Å². The number of ether oxygens (including phenoxy) is 2. The molecule has 0 aromatic carbocycles. The van der Waals surface area contributed by atoms with Crippen LogP contribution in [-0.2, 0) is 19.1 Å². The third-order valence-electron chi connectivity index (χ3n) is 8.09. The van der Waals surface area contributed by atoms with Gasteiger partial charge in [-0.25, -0.2) is 0 Å². The monoisotopic (exact) mass is 389 g/mol. The molecule has 0 bridgehead atoms. The largest absolute Gasteiger partial charge is 0.461 e. The summed E-state index contributed by atoms with van der Waals surface area (Å²) in [6.45, 7) is 6.86. The second-order valence-electron chi connectivity index (χ2n) is 9.56. The van der Waals surface area contributed by atoms with Crippen molar-refractivity contribution < 1.29 is 24.2 Å². The quantitative estimate of drug-likeness (QED) is 0.731. The van der Waals surface area contributed by atoms with Gasteiger partial charge < -0.3 is 19.5 Å². The molecule has 3 saturated heterocycles. The van der Waals surface area contributed by atoms with E-state index in [1.807, 2.05) is 13.8 Å². The van der Waals surface area contributed by atoms with Crippen molar-refractivity contribution in [3.8, 4) is 0 Å². The first kappa shape index (κ1) is 18.5. The summed E-state index contributed by atoms with van der Waals surface area (Å²) >= 11 is 0. The highest BCUT2D eigenvalue weighted by Gasteiger charge is 2.63. The zero-order valence-electron chi connectivity index (χ0n) is 17.0. The lowest BCUT2D eigenvalue weighted by Crippen LogP contribution is -2.54. The minimum Gasteiger partial charge on any atom is -0.461 e. The van der Waals surface area contributed by atoms with Crippen molar-refractivity contribution in [3.05, 3.63) is 11.3 Å². The number of nitrogens with zero attached hydrogens (tertiary/aromatic N) is 1. The smallest absolute Gasteiger partial charge is 0.309 e. The van der Waals surface area contributed by atoms with Gasteiger partial charge in [0.25, 0.3) is 0 Å². The molecule has 1 aliphatic carbocycles. The Morgan fingerprint density at radius 3 is 2.64 bits per heavy atom. The van der Waals surface area contributed by atoms with E-state index in [1.54, 1.807) is 0 Å². The molecule has 3 fully saturated rings. The number of aliphatic hydroxyl groups is 1. The minimum absolute atomic E-state index is 0.0350. The summed E-state index contributed by atoms with van der Waals surface area (Å²) in [5.41, 5.74) is 1.29. The van der Waals surface area contributed by atoms with Crippen molar-refractivity contribution >= 4 is 11.9 Å². The van der Waals surface area contributed by atoms with Gasteiger partial charge in [0, 0.05) is 24.1 Å². The predicted octanol–water partition coefficient (Wildman–Crippen LogP) is 2.40. The Balaban J connectivity index is 1.60. The van der Waals surface area contributed by atoms with Crippen LogP contribution in [0.1, 0.15) is 59.3 Å². The third kappa shape index (κ3) is 2.30. The molecule has 0 aromatic rings. The molecule has 5 aliphatic rings. The number of hydrogen-bond donors (Lipinski definition) is 1. The average molecular weight is 389 g/mol. The molecular formula is C22H31NO5. The SMILES string of the molecule is CC[C@H]1[C@@H]2OC(=O)[C@H](C)[C@@H]2C2=C3N(CCCC[C@]31O)[C@@H]([C@@H]1C[C@H](C)C(=O)O1)C2. The summed E-state index contributed by atoms with van der Waals surface area (Å²) in [5.74, 6) is -0.545. The molecule has 0 amide bonds. The Bertz CT molecular complexity index is 747. The molecule has 0 spiro atoms. The normalized spacial score (nSPS) is 47.6. The van der Waals surface area contributed by atoms with Crippen LogP contribution in [0.25, 0.3) is 0 Å². The molecule has 0 radical (unpaired) electrons. The number of hydrogen-bond acceptors (Lipinski definition) is 6.